The molecule has 1 aliphatic rings. The number of thiazole rings is 1. The van der Waals surface area contributed by atoms with E-state index in [0.717, 1.165) is 16.2 Å². The molecular weight excluding hydrogens is 415 g/mol. The van der Waals surface area contributed by atoms with Gasteiger partial charge >= 0.3 is 12.0 Å². The third-order valence-electron chi connectivity index (χ3n) is 4.16. The van der Waals surface area contributed by atoms with Crippen LogP contribution in [-0.4, -0.2) is 46.3 Å². The van der Waals surface area contributed by atoms with Gasteiger partial charge in [0, 0.05) is 5.38 Å². The number of esters is 1. The number of carbonyl (C=O) groups excluding carboxylic acids is 4. The Morgan fingerprint density at radius 3 is 2.90 bits per heavy atom. The van der Waals surface area contributed by atoms with Gasteiger partial charge in [0.15, 0.2) is 5.13 Å². The number of rotatable bonds is 8. The Labute approximate surface area is 175 Å². The summed E-state index contributed by atoms with van der Waals surface area (Å²) in [5.74, 6) is -1.97. The second-order valence-electron chi connectivity index (χ2n) is 6.43. The topological polar surface area (TPSA) is 118 Å². The largest absolute Gasteiger partial charge is 0.466 e. The zero-order valence-corrected chi connectivity index (χ0v) is 16.8. The van der Waals surface area contributed by atoms with E-state index in [1.807, 2.05) is 0 Å². The Balaban J connectivity index is 1.54. The third kappa shape index (κ3) is 5.38. The van der Waals surface area contributed by atoms with Gasteiger partial charge in [-0.1, -0.05) is 12.1 Å². The summed E-state index contributed by atoms with van der Waals surface area (Å²) in [4.78, 5) is 53.4. The van der Waals surface area contributed by atoms with Crippen molar-refractivity contribution in [1.29, 1.82) is 0 Å². The fourth-order valence-electron chi connectivity index (χ4n) is 2.84. The molecule has 0 saturated carbocycles. The van der Waals surface area contributed by atoms with E-state index in [2.05, 4.69) is 15.6 Å². The van der Waals surface area contributed by atoms with Crippen LogP contribution in [0.15, 0.2) is 29.6 Å². The summed E-state index contributed by atoms with van der Waals surface area (Å²) in [7, 11) is 0. The maximum atomic E-state index is 13.3. The van der Waals surface area contributed by atoms with E-state index in [1.165, 1.54) is 18.2 Å². The van der Waals surface area contributed by atoms with E-state index >= 15 is 0 Å². The minimum Gasteiger partial charge on any atom is -0.466 e. The van der Waals surface area contributed by atoms with Gasteiger partial charge in [0.1, 0.15) is 11.9 Å². The molecule has 1 fully saturated rings. The summed E-state index contributed by atoms with van der Waals surface area (Å²) in [6.07, 6.45) is -0.288. The molecule has 1 aromatic heterocycles. The fraction of sp³-hybridized carbons (Fsp3) is 0.316. The molecule has 1 saturated heterocycles. The number of imide groups is 1. The number of nitrogens with one attached hydrogen (secondary N) is 2. The van der Waals surface area contributed by atoms with Crippen LogP contribution in [0.25, 0.3) is 0 Å². The zero-order valence-electron chi connectivity index (χ0n) is 16.0. The molecule has 1 aliphatic heterocycles. The fourth-order valence-corrected chi connectivity index (χ4v) is 3.57. The summed E-state index contributed by atoms with van der Waals surface area (Å²) in [5.41, 5.74) is 0.917. The van der Waals surface area contributed by atoms with Crippen LogP contribution in [0.2, 0.25) is 0 Å². The first-order chi connectivity index (χ1) is 14.4. The molecule has 0 unspecified atom stereocenters. The molecule has 0 radical (unpaired) electrons. The Morgan fingerprint density at radius 2 is 2.17 bits per heavy atom. The number of aromatic nitrogens is 1. The minimum atomic E-state index is -1.02. The van der Waals surface area contributed by atoms with E-state index < -0.39 is 35.7 Å². The van der Waals surface area contributed by atoms with Crippen molar-refractivity contribution in [2.75, 3.05) is 11.9 Å². The summed E-state index contributed by atoms with van der Waals surface area (Å²) >= 11 is 1.13. The van der Waals surface area contributed by atoms with Gasteiger partial charge in [-0.05, 0) is 24.6 Å². The SMILES string of the molecule is CCOC(=O)Cc1csc(NC(=O)C[C@H]2NC(=O)N(Cc3cccc(F)c3)C2=O)n1. The van der Waals surface area contributed by atoms with Crippen molar-refractivity contribution in [3.63, 3.8) is 0 Å². The van der Waals surface area contributed by atoms with Gasteiger partial charge in [-0.2, -0.15) is 0 Å². The predicted octanol–water partition coefficient (Wildman–Crippen LogP) is 1.84. The molecule has 0 spiro atoms. The standard InChI is InChI=1S/C19H19FN4O5S/c1-2-29-16(26)7-13-10-30-18(21-13)23-15(25)8-14-17(27)24(19(28)22-14)9-11-4-3-5-12(20)6-11/h3-6,10,14H,2,7-9H2,1H3,(H,22,28)(H,21,23,25)/t14-/m1/s1. The van der Waals surface area contributed by atoms with E-state index in [0.29, 0.717) is 11.3 Å². The Hall–Kier alpha value is -3.34. The first-order valence-electron chi connectivity index (χ1n) is 9.12. The number of ether oxygens (including phenoxy) is 1. The number of hydrogen-bond donors (Lipinski definition) is 2. The first kappa shape index (κ1) is 21.4. The van der Waals surface area contributed by atoms with Crippen LogP contribution in [0.1, 0.15) is 24.6 Å². The Morgan fingerprint density at radius 1 is 1.37 bits per heavy atom. The van der Waals surface area contributed by atoms with E-state index in [1.54, 1.807) is 18.4 Å². The summed E-state index contributed by atoms with van der Waals surface area (Å²) in [6.45, 7) is 1.88. The second-order valence-corrected chi connectivity index (χ2v) is 7.29. The molecule has 30 heavy (non-hydrogen) atoms. The van der Waals surface area contributed by atoms with E-state index in [4.69, 9.17) is 4.74 Å². The van der Waals surface area contributed by atoms with Crippen molar-refractivity contribution in [2.24, 2.45) is 0 Å². The van der Waals surface area contributed by atoms with Crippen molar-refractivity contribution >= 4 is 40.3 Å². The summed E-state index contributed by atoms with van der Waals surface area (Å²) < 4.78 is 18.2. The maximum Gasteiger partial charge on any atom is 0.325 e. The lowest BCUT2D eigenvalue weighted by molar-refractivity contribution is -0.142. The number of carbonyl (C=O) groups is 4. The van der Waals surface area contributed by atoms with Crippen LogP contribution in [0.5, 0.6) is 0 Å². The van der Waals surface area contributed by atoms with Crippen LogP contribution in [-0.2, 0) is 32.1 Å². The first-order valence-corrected chi connectivity index (χ1v) is 10.00. The molecule has 4 amide bonds. The van der Waals surface area contributed by atoms with Gasteiger partial charge < -0.3 is 15.4 Å². The molecule has 1 atom stereocenters. The molecule has 2 N–H and O–H groups in total. The third-order valence-corrected chi connectivity index (χ3v) is 4.96. The molecule has 0 bridgehead atoms. The molecule has 0 aliphatic carbocycles. The number of halogens is 1. The number of urea groups is 1. The molecule has 1 aromatic carbocycles. The van der Waals surface area contributed by atoms with Crippen molar-refractivity contribution in [2.45, 2.75) is 32.4 Å². The normalized spacial score (nSPS) is 15.8. The van der Waals surface area contributed by atoms with Crippen molar-refractivity contribution < 1.29 is 28.3 Å². The monoisotopic (exact) mass is 434 g/mol. The van der Waals surface area contributed by atoms with Gasteiger partial charge in [0.2, 0.25) is 5.91 Å². The van der Waals surface area contributed by atoms with Crippen LogP contribution >= 0.6 is 11.3 Å². The van der Waals surface area contributed by atoms with Crippen molar-refractivity contribution in [3.8, 4) is 0 Å². The van der Waals surface area contributed by atoms with Gasteiger partial charge in [0.25, 0.3) is 5.91 Å². The molecule has 158 valence electrons. The van der Waals surface area contributed by atoms with Crippen LogP contribution < -0.4 is 10.6 Å². The van der Waals surface area contributed by atoms with Crippen LogP contribution in [0, 0.1) is 5.82 Å². The average Bonchev–Trinajstić information content (AvgIpc) is 3.21. The highest BCUT2D eigenvalue weighted by Gasteiger charge is 2.39. The Kier molecular flexibility index (Phi) is 6.72. The lowest BCUT2D eigenvalue weighted by Crippen LogP contribution is -2.34. The van der Waals surface area contributed by atoms with Crippen LogP contribution in [0.4, 0.5) is 14.3 Å². The molecular formula is C19H19FN4O5S. The predicted molar refractivity (Wildman–Crippen MR) is 105 cm³/mol. The molecule has 3 rings (SSSR count). The number of amides is 4. The Bertz CT molecular complexity index is 979. The summed E-state index contributed by atoms with van der Waals surface area (Å²) in [6, 6.07) is 3.91. The van der Waals surface area contributed by atoms with Gasteiger partial charge in [-0.3, -0.25) is 19.3 Å². The van der Waals surface area contributed by atoms with E-state index in [-0.39, 0.29) is 31.1 Å². The van der Waals surface area contributed by atoms with Gasteiger partial charge in [0.05, 0.1) is 31.7 Å². The van der Waals surface area contributed by atoms with Gasteiger partial charge in [-0.15, -0.1) is 11.3 Å². The highest BCUT2D eigenvalue weighted by molar-refractivity contribution is 7.13. The number of nitrogens with zero attached hydrogens (tertiary/aromatic N) is 2. The molecule has 2 aromatic rings. The lowest BCUT2D eigenvalue weighted by Gasteiger charge is -2.13. The average molecular weight is 434 g/mol. The highest BCUT2D eigenvalue weighted by Crippen LogP contribution is 2.18. The van der Waals surface area contributed by atoms with Crippen molar-refractivity contribution in [3.05, 3.63) is 46.7 Å². The van der Waals surface area contributed by atoms with E-state index in [9.17, 15) is 23.6 Å². The second kappa shape index (κ2) is 9.44. The highest BCUT2D eigenvalue weighted by atomic mass is 32.1. The van der Waals surface area contributed by atoms with Gasteiger partial charge in [-0.25, -0.2) is 14.2 Å². The quantitative estimate of drug-likeness (QED) is 0.484. The molecule has 11 heteroatoms. The zero-order chi connectivity index (χ0) is 21.7. The number of benzene rings is 1. The molecule has 2 heterocycles. The molecule has 9 nitrogen and oxygen atoms in total. The number of anilines is 1. The maximum absolute atomic E-state index is 13.3. The lowest BCUT2D eigenvalue weighted by atomic mass is 10.1. The minimum absolute atomic E-state index is 0.00752. The van der Waals surface area contributed by atoms with Crippen molar-refractivity contribution in [1.82, 2.24) is 15.2 Å². The van der Waals surface area contributed by atoms with Crippen LogP contribution in [0.3, 0.4) is 0 Å². The smallest absolute Gasteiger partial charge is 0.325 e. The number of hydrogen-bond acceptors (Lipinski definition) is 7. The summed E-state index contributed by atoms with van der Waals surface area (Å²) in [5, 5.41) is 6.89.